The molecule has 1 fully saturated rings. The molecular formula is C32H37Cl2N3O5S. The van der Waals surface area contributed by atoms with Crippen LogP contribution in [-0.4, -0.2) is 50.4 Å². The van der Waals surface area contributed by atoms with Gasteiger partial charge in [-0.25, -0.2) is 8.42 Å². The SMILES string of the molecule is CCOc1ccc(N(CC(=O)N(Cc2ccc(Cl)cc2Cl)[C@@H](C)C(=O)NC2CCCCC2)S(=O)(=O)c2ccccc2)cc1. The van der Waals surface area contributed by atoms with Crippen molar-refractivity contribution in [2.75, 3.05) is 17.5 Å². The second-order valence-corrected chi connectivity index (χ2v) is 13.2. The van der Waals surface area contributed by atoms with Gasteiger partial charge in [-0.1, -0.05) is 66.7 Å². The van der Waals surface area contributed by atoms with E-state index in [0.29, 0.717) is 28.0 Å². The van der Waals surface area contributed by atoms with Crippen LogP contribution in [0.1, 0.15) is 51.5 Å². The molecule has 0 heterocycles. The summed E-state index contributed by atoms with van der Waals surface area (Å²) in [6, 6.07) is 18.5. The van der Waals surface area contributed by atoms with Crippen molar-refractivity contribution in [2.24, 2.45) is 0 Å². The molecule has 8 nitrogen and oxygen atoms in total. The van der Waals surface area contributed by atoms with Crippen LogP contribution in [0.2, 0.25) is 10.0 Å². The third kappa shape index (κ3) is 8.43. The number of nitrogens with zero attached hydrogens (tertiary/aromatic N) is 2. The van der Waals surface area contributed by atoms with Gasteiger partial charge in [-0.3, -0.25) is 13.9 Å². The molecule has 43 heavy (non-hydrogen) atoms. The van der Waals surface area contributed by atoms with Gasteiger partial charge < -0.3 is 15.0 Å². The number of carbonyl (C=O) groups is 2. The number of amides is 2. The summed E-state index contributed by atoms with van der Waals surface area (Å²) in [5.74, 6) is -0.295. The van der Waals surface area contributed by atoms with Crippen LogP contribution in [0, 0.1) is 0 Å². The maximum absolute atomic E-state index is 14.1. The molecule has 0 spiro atoms. The van der Waals surface area contributed by atoms with Gasteiger partial charge in [0.2, 0.25) is 11.8 Å². The first-order valence-electron chi connectivity index (χ1n) is 14.4. The quantitative estimate of drug-likeness (QED) is 0.244. The van der Waals surface area contributed by atoms with Crippen LogP contribution >= 0.6 is 23.2 Å². The fourth-order valence-corrected chi connectivity index (χ4v) is 7.01. The smallest absolute Gasteiger partial charge is 0.264 e. The molecule has 1 aliphatic carbocycles. The molecule has 0 saturated heterocycles. The summed E-state index contributed by atoms with van der Waals surface area (Å²) < 4.78 is 34.4. The predicted molar refractivity (Wildman–Crippen MR) is 170 cm³/mol. The standard InChI is InChI=1S/C32H37Cl2N3O5S/c1-3-42-28-18-16-27(17-19-28)37(43(40,41)29-12-8-5-9-13-29)22-31(38)36(21-24-14-15-25(33)20-30(24)34)23(2)32(39)35-26-10-6-4-7-11-26/h5,8-9,12-20,23,26H,3-4,6-7,10-11,21-22H2,1-2H3,(H,35,39)/t23-/m0/s1. The Morgan fingerprint density at radius 1 is 0.977 bits per heavy atom. The zero-order valence-electron chi connectivity index (χ0n) is 24.3. The number of carbonyl (C=O) groups excluding carboxylic acids is 2. The molecule has 0 unspecified atom stereocenters. The van der Waals surface area contributed by atoms with Gasteiger partial charge in [-0.05, 0) is 80.8 Å². The van der Waals surface area contributed by atoms with Gasteiger partial charge in [-0.15, -0.1) is 0 Å². The Labute approximate surface area is 264 Å². The molecule has 1 saturated carbocycles. The van der Waals surface area contributed by atoms with E-state index in [0.717, 1.165) is 36.4 Å². The topological polar surface area (TPSA) is 96.0 Å². The number of sulfonamides is 1. The van der Waals surface area contributed by atoms with Crippen molar-refractivity contribution in [1.29, 1.82) is 0 Å². The lowest BCUT2D eigenvalue weighted by molar-refractivity contribution is -0.139. The Bertz CT molecular complexity index is 1500. The molecule has 1 N–H and O–H groups in total. The summed E-state index contributed by atoms with van der Waals surface area (Å²) in [4.78, 5) is 29.0. The molecule has 11 heteroatoms. The minimum absolute atomic E-state index is 0.0173. The Morgan fingerprint density at radius 2 is 1.65 bits per heavy atom. The number of nitrogens with one attached hydrogen (secondary N) is 1. The molecule has 4 rings (SSSR count). The normalized spacial score (nSPS) is 14.5. The molecule has 3 aromatic rings. The molecule has 3 aromatic carbocycles. The van der Waals surface area contributed by atoms with E-state index in [4.69, 9.17) is 27.9 Å². The van der Waals surface area contributed by atoms with Gasteiger partial charge in [0.1, 0.15) is 18.3 Å². The minimum Gasteiger partial charge on any atom is -0.494 e. The summed E-state index contributed by atoms with van der Waals surface area (Å²) >= 11 is 12.6. The summed E-state index contributed by atoms with van der Waals surface area (Å²) in [5, 5.41) is 3.86. The van der Waals surface area contributed by atoms with Gasteiger partial charge in [0.05, 0.1) is 17.2 Å². The maximum Gasteiger partial charge on any atom is 0.264 e. The number of halogens is 2. The average molecular weight is 647 g/mol. The second-order valence-electron chi connectivity index (χ2n) is 10.5. The van der Waals surface area contributed by atoms with Crippen LogP contribution in [0.5, 0.6) is 5.75 Å². The first-order chi connectivity index (χ1) is 20.6. The highest BCUT2D eigenvalue weighted by atomic mass is 35.5. The van der Waals surface area contributed by atoms with Crippen molar-refractivity contribution in [3.05, 3.63) is 88.4 Å². The number of hydrogen-bond acceptors (Lipinski definition) is 5. The monoisotopic (exact) mass is 645 g/mol. The lowest BCUT2D eigenvalue weighted by atomic mass is 9.95. The van der Waals surface area contributed by atoms with Crippen LogP contribution < -0.4 is 14.4 Å². The Kier molecular flexibility index (Phi) is 11.3. The van der Waals surface area contributed by atoms with Crippen LogP contribution in [0.25, 0.3) is 0 Å². The van der Waals surface area contributed by atoms with Crippen molar-refractivity contribution >= 4 is 50.7 Å². The summed E-state index contributed by atoms with van der Waals surface area (Å²) in [6.07, 6.45) is 4.98. The Hall–Kier alpha value is -3.27. The molecule has 2 amide bonds. The van der Waals surface area contributed by atoms with Crippen molar-refractivity contribution in [1.82, 2.24) is 10.2 Å². The fraction of sp³-hybridized carbons (Fsp3) is 0.375. The third-order valence-electron chi connectivity index (χ3n) is 7.52. The molecular weight excluding hydrogens is 609 g/mol. The van der Waals surface area contributed by atoms with Gasteiger partial charge in [-0.2, -0.15) is 0 Å². The van der Waals surface area contributed by atoms with Crippen LogP contribution in [0.15, 0.2) is 77.7 Å². The first-order valence-corrected chi connectivity index (χ1v) is 16.6. The second kappa shape index (κ2) is 14.9. The van der Waals surface area contributed by atoms with E-state index < -0.39 is 28.5 Å². The van der Waals surface area contributed by atoms with Gasteiger partial charge in [0.25, 0.3) is 10.0 Å². The van der Waals surface area contributed by atoms with Gasteiger partial charge in [0.15, 0.2) is 0 Å². The highest BCUT2D eigenvalue weighted by Crippen LogP contribution is 2.28. The van der Waals surface area contributed by atoms with Crippen LogP contribution in [0.4, 0.5) is 5.69 Å². The van der Waals surface area contributed by atoms with E-state index in [1.807, 2.05) is 6.92 Å². The Morgan fingerprint density at radius 3 is 2.28 bits per heavy atom. The fourth-order valence-electron chi connectivity index (χ4n) is 5.11. The molecule has 0 radical (unpaired) electrons. The highest BCUT2D eigenvalue weighted by molar-refractivity contribution is 7.92. The summed E-state index contributed by atoms with van der Waals surface area (Å²) in [7, 11) is -4.16. The first kappa shape index (κ1) is 32.6. The van der Waals surface area contributed by atoms with Gasteiger partial charge in [0, 0.05) is 22.6 Å². The van der Waals surface area contributed by atoms with Crippen molar-refractivity contribution < 1.29 is 22.7 Å². The van der Waals surface area contributed by atoms with E-state index in [2.05, 4.69) is 5.32 Å². The Balaban J connectivity index is 1.68. The highest BCUT2D eigenvalue weighted by Gasteiger charge is 2.33. The summed E-state index contributed by atoms with van der Waals surface area (Å²) in [6.45, 7) is 3.39. The maximum atomic E-state index is 14.1. The molecule has 0 aromatic heterocycles. The number of benzene rings is 3. The van der Waals surface area contributed by atoms with Gasteiger partial charge >= 0.3 is 0 Å². The average Bonchev–Trinajstić information content (AvgIpc) is 3.00. The van der Waals surface area contributed by atoms with Crippen molar-refractivity contribution in [2.45, 2.75) is 69.5 Å². The van der Waals surface area contributed by atoms with E-state index in [-0.39, 0.29) is 29.1 Å². The third-order valence-corrected chi connectivity index (χ3v) is 9.90. The zero-order chi connectivity index (χ0) is 31.0. The number of anilines is 1. The number of hydrogen-bond donors (Lipinski definition) is 1. The van der Waals surface area contributed by atoms with Crippen molar-refractivity contribution in [3.63, 3.8) is 0 Å². The predicted octanol–water partition coefficient (Wildman–Crippen LogP) is 6.45. The molecule has 230 valence electrons. The lowest BCUT2D eigenvalue weighted by Gasteiger charge is -2.33. The molecule has 1 aliphatic rings. The van der Waals surface area contributed by atoms with E-state index in [1.54, 1.807) is 67.6 Å². The zero-order valence-corrected chi connectivity index (χ0v) is 26.7. The number of ether oxygens (including phenoxy) is 1. The molecule has 1 atom stereocenters. The lowest BCUT2D eigenvalue weighted by Crippen LogP contribution is -2.53. The van der Waals surface area contributed by atoms with Crippen molar-refractivity contribution in [3.8, 4) is 5.75 Å². The van der Waals surface area contributed by atoms with Crippen LogP contribution in [0.3, 0.4) is 0 Å². The van der Waals surface area contributed by atoms with E-state index >= 15 is 0 Å². The molecule has 0 aliphatic heterocycles. The van der Waals surface area contributed by atoms with E-state index in [1.165, 1.54) is 17.0 Å². The minimum atomic E-state index is -4.16. The largest absolute Gasteiger partial charge is 0.494 e. The molecule has 0 bridgehead atoms. The van der Waals surface area contributed by atoms with E-state index in [9.17, 15) is 18.0 Å². The van der Waals surface area contributed by atoms with Crippen LogP contribution in [-0.2, 0) is 26.2 Å². The number of rotatable bonds is 12. The summed E-state index contributed by atoms with van der Waals surface area (Å²) in [5.41, 5.74) is 0.861.